The van der Waals surface area contributed by atoms with Crippen LogP contribution in [0.1, 0.15) is 46.1 Å². The van der Waals surface area contributed by atoms with Gasteiger partial charge in [-0.1, -0.05) is 6.07 Å². The van der Waals surface area contributed by atoms with Gasteiger partial charge in [0.2, 0.25) is 0 Å². The number of methoxy groups -OCH3 is 1. The van der Waals surface area contributed by atoms with E-state index >= 15 is 0 Å². The lowest BCUT2D eigenvalue weighted by Gasteiger charge is -2.20. The summed E-state index contributed by atoms with van der Waals surface area (Å²) in [6.45, 7) is 7.97. The van der Waals surface area contributed by atoms with Crippen LogP contribution in [0.15, 0.2) is 18.2 Å². The smallest absolute Gasteiger partial charge is 0.306 e. The minimum absolute atomic E-state index is 0.0316. The van der Waals surface area contributed by atoms with Gasteiger partial charge in [0, 0.05) is 6.42 Å². The maximum Gasteiger partial charge on any atom is 0.306 e. The Kier molecular flexibility index (Phi) is 6.68. The first-order chi connectivity index (χ1) is 10.2. The Morgan fingerprint density at radius 3 is 2.55 bits per heavy atom. The predicted octanol–water partition coefficient (Wildman–Crippen LogP) is 3.30. The number of anilines is 1. The van der Waals surface area contributed by atoms with Gasteiger partial charge in [-0.3, -0.25) is 4.79 Å². The fraction of sp³-hybridized carbons (Fsp3) is 0.588. The first kappa shape index (κ1) is 18.3. The highest BCUT2D eigenvalue weighted by Gasteiger charge is 2.17. The highest BCUT2D eigenvalue weighted by Crippen LogP contribution is 2.22. The van der Waals surface area contributed by atoms with E-state index in [9.17, 15) is 4.79 Å². The summed E-state index contributed by atoms with van der Waals surface area (Å²) < 4.78 is 16.1. The van der Waals surface area contributed by atoms with Crippen LogP contribution in [0.25, 0.3) is 0 Å². The van der Waals surface area contributed by atoms with Crippen LogP contribution in [-0.2, 0) is 20.9 Å². The maximum absolute atomic E-state index is 11.6. The Balaban J connectivity index is 2.35. The van der Waals surface area contributed by atoms with E-state index in [2.05, 4.69) is 0 Å². The van der Waals surface area contributed by atoms with Crippen LogP contribution in [0.5, 0.6) is 5.75 Å². The standard InChI is InChI=1S/C17H27NO4/c1-12(6-9-16(19)22-17(2,3)4)21-11-13-7-8-15(20-5)14(18)10-13/h7-8,10,12H,6,9,11,18H2,1-5H3. The van der Waals surface area contributed by atoms with Crippen molar-refractivity contribution < 1.29 is 19.0 Å². The molecule has 22 heavy (non-hydrogen) atoms. The molecule has 0 fully saturated rings. The number of hydrogen-bond acceptors (Lipinski definition) is 5. The van der Waals surface area contributed by atoms with Crippen molar-refractivity contribution in [1.82, 2.24) is 0 Å². The topological polar surface area (TPSA) is 70.8 Å². The van der Waals surface area contributed by atoms with Gasteiger partial charge in [0.05, 0.1) is 25.5 Å². The average Bonchev–Trinajstić information content (AvgIpc) is 2.41. The summed E-state index contributed by atoms with van der Waals surface area (Å²) >= 11 is 0. The fourth-order valence-electron chi connectivity index (χ4n) is 1.91. The maximum atomic E-state index is 11.6. The number of esters is 1. The molecule has 1 aromatic carbocycles. The monoisotopic (exact) mass is 309 g/mol. The van der Waals surface area contributed by atoms with Crippen LogP contribution < -0.4 is 10.5 Å². The van der Waals surface area contributed by atoms with Crippen LogP contribution >= 0.6 is 0 Å². The lowest BCUT2D eigenvalue weighted by atomic mass is 10.1. The van der Waals surface area contributed by atoms with E-state index in [1.165, 1.54) is 0 Å². The highest BCUT2D eigenvalue weighted by molar-refractivity contribution is 5.69. The van der Waals surface area contributed by atoms with Crippen molar-refractivity contribution in [3.63, 3.8) is 0 Å². The third-order valence-corrected chi connectivity index (χ3v) is 3.00. The highest BCUT2D eigenvalue weighted by atomic mass is 16.6. The Hall–Kier alpha value is -1.75. The van der Waals surface area contributed by atoms with Crippen molar-refractivity contribution in [1.29, 1.82) is 0 Å². The minimum atomic E-state index is -0.443. The van der Waals surface area contributed by atoms with Crippen molar-refractivity contribution in [3.8, 4) is 5.75 Å². The number of nitrogen functional groups attached to an aromatic ring is 1. The molecule has 0 amide bonds. The van der Waals surface area contributed by atoms with Crippen molar-refractivity contribution in [2.24, 2.45) is 0 Å². The molecule has 0 aliphatic heterocycles. The normalized spacial score (nSPS) is 12.8. The van der Waals surface area contributed by atoms with E-state index in [4.69, 9.17) is 19.9 Å². The molecule has 5 heteroatoms. The molecule has 0 saturated carbocycles. The van der Waals surface area contributed by atoms with Gasteiger partial charge in [-0.05, 0) is 51.8 Å². The molecule has 0 aliphatic carbocycles. The molecule has 0 aliphatic rings. The van der Waals surface area contributed by atoms with E-state index in [0.717, 1.165) is 5.56 Å². The van der Waals surface area contributed by atoms with Gasteiger partial charge in [0.25, 0.3) is 0 Å². The summed E-state index contributed by atoms with van der Waals surface area (Å²) in [7, 11) is 1.58. The summed E-state index contributed by atoms with van der Waals surface area (Å²) in [5.74, 6) is 0.457. The quantitative estimate of drug-likeness (QED) is 0.618. The Morgan fingerprint density at radius 2 is 2.00 bits per heavy atom. The molecule has 1 atom stereocenters. The number of rotatable bonds is 7. The zero-order valence-corrected chi connectivity index (χ0v) is 14.1. The van der Waals surface area contributed by atoms with Crippen molar-refractivity contribution in [3.05, 3.63) is 23.8 Å². The lowest BCUT2D eigenvalue weighted by Crippen LogP contribution is -2.24. The van der Waals surface area contributed by atoms with Gasteiger partial charge in [0.15, 0.2) is 0 Å². The number of ether oxygens (including phenoxy) is 3. The van der Waals surface area contributed by atoms with Gasteiger partial charge in [-0.2, -0.15) is 0 Å². The summed E-state index contributed by atoms with van der Waals surface area (Å²) in [5, 5.41) is 0. The van der Waals surface area contributed by atoms with E-state index in [1.54, 1.807) is 7.11 Å². The zero-order valence-electron chi connectivity index (χ0n) is 14.1. The lowest BCUT2D eigenvalue weighted by molar-refractivity contribution is -0.155. The molecule has 1 aromatic rings. The third kappa shape index (κ3) is 6.80. The molecule has 2 N–H and O–H groups in total. The van der Waals surface area contributed by atoms with Crippen LogP contribution in [0.4, 0.5) is 5.69 Å². The van der Waals surface area contributed by atoms with Crippen molar-refractivity contribution in [2.45, 2.75) is 58.8 Å². The number of carbonyl (C=O) groups is 1. The van der Waals surface area contributed by atoms with Crippen LogP contribution in [0.2, 0.25) is 0 Å². The van der Waals surface area contributed by atoms with E-state index in [0.29, 0.717) is 30.9 Å². The molecule has 124 valence electrons. The SMILES string of the molecule is COc1ccc(COC(C)CCC(=O)OC(C)(C)C)cc1N. The zero-order chi connectivity index (χ0) is 16.8. The molecular formula is C17H27NO4. The van der Waals surface area contributed by atoms with Gasteiger partial charge in [0.1, 0.15) is 11.4 Å². The van der Waals surface area contributed by atoms with Gasteiger partial charge in [-0.25, -0.2) is 0 Å². The molecule has 0 spiro atoms. The second-order valence-electron chi connectivity index (χ2n) is 6.32. The summed E-state index contributed by atoms with van der Waals surface area (Å²) in [6, 6.07) is 5.56. The van der Waals surface area contributed by atoms with Crippen molar-refractivity contribution >= 4 is 11.7 Å². The van der Waals surface area contributed by atoms with Crippen LogP contribution in [0.3, 0.4) is 0 Å². The number of hydrogen-bond donors (Lipinski definition) is 1. The Morgan fingerprint density at radius 1 is 1.32 bits per heavy atom. The molecule has 0 aromatic heterocycles. The largest absolute Gasteiger partial charge is 0.495 e. The Bertz CT molecular complexity index is 494. The van der Waals surface area contributed by atoms with Gasteiger partial charge < -0.3 is 19.9 Å². The molecular weight excluding hydrogens is 282 g/mol. The van der Waals surface area contributed by atoms with E-state index in [-0.39, 0.29) is 12.1 Å². The molecule has 0 bridgehead atoms. The van der Waals surface area contributed by atoms with E-state index < -0.39 is 5.60 Å². The number of benzene rings is 1. The number of nitrogens with two attached hydrogens (primary N) is 1. The molecule has 0 heterocycles. The first-order valence-corrected chi connectivity index (χ1v) is 7.47. The molecule has 1 unspecified atom stereocenters. The number of carbonyl (C=O) groups excluding carboxylic acids is 1. The van der Waals surface area contributed by atoms with Gasteiger partial charge in [-0.15, -0.1) is 0 Å². The van der Waals surface area contributed by atoms with Crippen LogP contribution in [0, 0.1) is 0 Å². The second-order valence-corrected chi connectivity index (χ2v) is 6.32. The molecule has 0 saturated heterocycles. The van der Waals surface area contributed by atoms with Gasteiger partial charge >= 0.3 is 5.97 Å². The first-order valence-electron chi connectivity index (χ1n) is 7.47. The molecule has 5 nitrogen and oxygen atoms in total. The summed E-state index contributed by atoms with van der Waals surface area (Å²) in [6.07, 6.45) is 0.944. The third-order valence-electron chi connectivity index (χ3n) is 3.00. The average molecular weight is 309 g/mol. The summed E-state index contributed by atoms with van der Waals surface area (Å²) in [4.78, 5) is 11.6. The summed E-state index contributed by atoms with van der Waals surface area (Å²) in [5.41, 5.74) is 6.97. The predicted molar refractivity (Wildman–Crippen MR) is 86.7 cm³/mol. The molecule has 0 radical (unpaired) electrons. The second kappa shape index (κ2) is 8.03. The fourth-order valence-corrected chi connectivity index (χ4v) is 1.91. The van der Waals surface area contributed by atoms with Crippen molar-refractivity contribution in [2.75, 3.05) is 12.8 Å². The minimum Gasteiger partial charge on any atom is -0.495 e. The van der Waals surface area contributed by atoms with Crippen LogP contribution in [-0.4, -0.2) is 24.8 Å². The Labute approximate surface area is 132 Å². The van der Waals surface area contributed by atoms with E-state index in [1.807, 2.05) is 45.9 Å². The molecule has 1 rings (SSSR count).